The van der Waals surface area contributed by atoms with E-state index in [0.29, 0.717) is 0 Å². The topological polar surface area (TPSA) is 6.48 Å². The molecule has 0 fully saturated rings. The van der Waals surface area contributed by atoms with E-state index >= 15 is 0 Å². The van der Waals surface area contributed by atoms with Gasteiger partial charge in [0, 0.05) is 50.7 Å². The molecule has 242 valence electrons. The molecule has 0 atom stereocenters. The summed E-state index contributed by atoms with van der Waals surface area (Å²) >= 11 is 13.0. The molecule has 4 aromatic rings. The molecule has 4 aromatic carbocycles. The predicted molar refractivity (Wildman–Crippen MR) is 207 cm³/mol. The van der Waals surface area contributed by atoms with E-state index in [2.05, 4.69) is 161 Å². The maximum Gasteiger partial charge on any atom is 0.0525 e. The summed E-state index contributed by atoms with van der Waals surface area (Å²) in [5.74, 6) is 0. The van der Waals surface area contributed by atoms with Gasteiger partial charge in [-0.1, -0.05) is 112 Å². The van der Waals surface area contributed by atoms with E-state index in [-0.39, 0.29) is 10.8 Å². The van der Waals surface area contributed by atoms with Gasteiger partial charge in [0.25, 0.3) is 0 Å². The maximum absolute atomic E-state index is 6.48. The molecule has 0 spiro atoms. The fourth-order valence-corrected chi connectivity index (χ4v) is 8.35. The number of hydrogen-bond acceptors (Lipinski definition) is 2. The van der Waals surface area contributed by atoms with Crippen LogP contribution in [0.15, 0.2) is 149 Å². The average Bonchev–Trinajstić information content (AvgIpc) is 3.61. The van der Waals surface area contributed by atoms with Gasteiger partial charge < -0.3 is 9.80 Å². The third-order valence-corrected chi connectivity index (χ3v) is 11.0. The van der Waals surface area contributed by atoms with Crippen LogP contribution in [0.5, 0.6) is 0 Å². The fourth-order valence-electron chi connectivity index (χ4n) is 8.01. The third-order valence-electron chi connectivity index (χ3n) is 10.5. The predicted octanol–water partition coefficient (Wildman–Crippen LogP) is 12.7. The highest BCUT2D eigenvalue weighted by atomic mass is 35.5. The second-order valence-corrected chi connectivity index (χ2v) is 15.0. The Morgan fingerprint density at radius 1 is 0.688 bits per heavy atom. The lowest BCUT2D eigenvalue weighted by Crippen LogP contribution is -2.22. The normalized spacial score (nSPS) is 19.6. The first-order valence-electron chi connectivity index (χ1n) is 16.8. The molecular formula is C44H42Cl2N2. The summed E-state index contributed by atoms with van der Waals surface area (Å²) in [5, 5.41) is 1.56. The van der Waals surface area contributed by atoms with Gasteiger partial charge in [-0.15, -0.1) is 0 Å². The Morgan fingerprint density at radius 3 is 1.94 bits per heavy atom. The van der Waals surface area contributed by atoms with Gasteiger partial charge in [-0.25, -0.2) is 0 Å². The molecule has 1 heterocycles. The Bertz CT molecular complexity index is 2020. The number of anilines is 3. The lowest BCUT2D eigenvalue weighted by molar-refractivity contribution is 0.640. The van der Waals surface area contributed by atoms with Gasteiger partial charge in [0.1, 0.15) is 0 Å². The van der Waals surface area contributed by atoms with Crippen molar-refractivity contribution in [2.24, 2.45) is 0 Å². The Kier molecular flexibility index (Phi) is 8.30. The number of fused-ring (bicyclic) bond motifs is 2. The molecule has 0 bridgehead atoms. The van der Waals surface area contributed by atoms with Crippen molar-refractivity contribution in [1.82, 2.24) is 0 Å². The molecule has 2 aliphatic carbocycles. The number of rotatable bonds is 6. The van der Waals surface area contributed by atoms with Gasteiger partial charge in [0.15, 0.2) is 0 Å². The van der Waals surface area contributed by atoms with Gasteiger partial charge in [0.2, 0.25) is 0 Å². The van der Waals surface area contributed by atoms with Crippen LogP contribution in [0.2, 0.25) is 10.0 Å². The van der Waals surface area contributed by atoms with E-state index in [4.69, 9.17) is 23.2 Å². The minimum atomic E-state index is -0.175. The van der Waals surface area contributed by atoms with Crippen molar-refractivity contribution >= 4 is 45.8 Å². The smallest absolute Gasteiger partial charge is 0.0525 e. The minimum Gasteiger partial charge on any atom is -0.347 e. The van der Waals surface area contributed by atoms with Crippen molar-refractivity contribution in [1.29, 1.82) is 0 Å². The molecule has 0 aromatic heterocycles. The Labute approximate surface area is 296 Å². The molecule has 48 heavy (non-hydrogen) atoms. The highest BCUT2D eigenvalue weighted by molar-refractivity contribution is 6.31. The van der Waals surface area contributed by atoms with Crippen LogP contribution in [-0.4, -0.2) is 7.05 Å². The van der Waals surface area contributed by atoms with Crippen molar-refractivity contribution in [3.05, 3.63) is 176 Å². The highest BCUT2D eigenvalue weighted by Gasteiger charge is 2.39. The first-order valence-corrected chi connectivity index (χ1v) is 17.5. The van der Waals surface area contributed by atoms with Gasteiger partial charge >= 0.3 is 0 Å². The zero-order valence-corrected chi connectivity index (χ0v) is 30.1. The number of halogens is 2. The summed E-state index contributed by atoms with van der Waals surface area (Å²) in [7, 11) is 2.16. The number of para-hydroxylation sites is 2. The van der Waals surface area contributed by atoms with Crippen LogP contribution in [0.4, 0.5) is 17.1 Å². The Balaban J connectivity index is 1.38. The molecular weight excluding hydrogens is 627 g/mol. The maximum atomic E-state index is 6.48. The highest BCUT2D eigenvalue weighted by Crippen LogP contribution is 2.50. The number of likely N-dealkylation sites (N-methyl/N-ethyl adjacent to an activating group) is 1. The third kappa shape index (κ3) is 5.46. The summed E-state index contributed by atoms with van der Waals surface area (Å²) in [4.78, 5) is 4.75. The Hall–Kier alpha value is -4.24. The number of benzene rings is 4. The second kappa shape index (κ2) is 12.3. The van der Waals surface area contributed by atoms with Crippen molar-refractivity contribution < 1.29 is 0 Å². The molecule has 2 nitrogen and oxygen atoms in total. The van der Waals surface area contributed by atoms with Gasteiger partial charge in [-0.05, 0) is 119 Å². The minimum absolute atomic E-state index is 0.141. The van der Waals surface area contributed by atoms with Gasteiger partial charge in [-0.3, -0.25) is 0 Å². The SMILES string of the molecule is CC1=C(C=CC2=C(N(c3ccccc3)c3ccccc3)/C(=C/C=C3N(C)c4ccc(Cl)cc4C3(C)C)CC2)C(C)(C)c2cc(Cl)ccc21. The second-order valence-electron chi connectivity index (χ2n) is 14.2. The molecule has 0 saturated carbocycles. The molecule has 7 rings (SSSR count). The van der Waals surface area contributed by atoms with Gasteiger partial charge in [0.05, 0.1) is 5.70 Å². The van der Waals surface area contributed by atoms with Crippen LogP contribution in [0.25, 0.3) is 5.57 Å². The van der Waals surface area contributed by atoms with Crippen molar-refractivity contribution in [3.8, 4) is 0 Å². The monoisotopic (exact) mass is 668 g/mol. The summed E-state index contributed by atoms with van der Waals surface area (Å²) in [6, 6.07) is 34.0. The van der Waals surface area contributed by atoms with Crippen LogP contribution < -0.4 is 9.80 Å². The summed E-state index contributed by atoms with van der Waals surface area (Å²) < 4.78 is 0. The summed E-state index contributed by atoms with van der Waals surface area (Å²) in [5.41, 5.74) is 14.8. The van der Waals surface area contributed by atoms with Crippen LogP contribution in [0, 0.1) is 0 Å². The molecule has 3 aliphatic rings. The average molecular weight is 670 g/mol. The first kappa shape index (κ1) is 32.3. The van der Waals surface area contributed by atoms with Crippen LogP contribution >= 0.6 is 23.2 Å². The molecule has 4 heteroatoms. The number of nitrogens with zero attached hydrogens (tertiary/aromatic N) is 2. The lowest BCUT2D eigenvalue weighted by Gasteiger charge is -2.29. The molecule has 0 unspecified atom stereocenters. The quantitative estimate of drug-likeness (QED) is 0.202. The molecule has 1 aliphatic heterocycles. The number of allylic oxidation sites excluding steroid dienone is 9. The molecule has 0 saturated heterocycles. The van der Waals surface area contributed by atoms with E-state index in [1.54, 1.807) is 0 Å². The van der Waals surface area contributed by atoms with E-state index in [1.807, 2.05) is 12.1 Å². The van der Waals surface area contributed by atoms with E-state index in [1.165, 1.54) is 56.1 Å². The van der Waals surface area contributed by atoms with E-state index in [0.717, 1.165) is 34.3 Å². The number of hydrogen-bond donors (Lipinski definition) is 0. The van der Waals surface area contributed by atoms with Crippen molar-refractivity contribution in [2.45, 2.75) is 58.3 Å². The van der Waals surface area contributed by atoms with Crippen LogP contribution in [0.1, 0.15) is 64.2 Å². The van der Waals surface area contributed by atoms with Crippen LogP contribution in [-0.2, 0) is 10.8 Å². The Morgan fingerprint density at radius 2 is 1.29 bits per heavy atom. The summed E-state index contributed by atoms with van der Waals surface area (Å²) in [6.07, 6.45) is 11.3. The van der Waals surface area contributed by atoms with E-state index < -0.39 is 0 Å². The van der Waals surface area contributed by atoms with Gasteiger partial charge in [-0.2, -0.15) is 0 Å². The largest absolute Gasteiger partial charge is 0.347 e. The van der Waals surface area contributed by atoms with Crippen LogP contribution in [0.3, 0.4) is 0 Å². The standard InChI is InChI=1S/C44H42Cl2N2/c1-29-36-23-21-32(45)27-38(36)43(2,3)37(29)24-19-30-17-18-31(20-26-41-44(4,5)39-28-33(46)22-25-40(39)47(41)6)42(30)48(34-13-9-7-10-14-34)35-15-11-8-12-16-35/h7-16,19-28H,17-18H2,1-6H3/b24-19?,31-20+,41-26?. The lowest BCUT2D eigenvalue weighted by atomic mass is 9.81. The van der Waals surface area contributed by atoms with Crippen molar-refractivity contribution in [2.75, 3.05) is 16.8 Å². The zero-order chi connectivity index (χ0) is 33.8. The summed E-state index contributed by atoms with van der Waals surface area (Å²) in [6.45, 7) is 11.4. The molecule has 0 N–H and O–H groups in total. The first-order chi connectivity index (χ1) is 23.0. The fraction of sp³-hybridized carbons (Fsp3) is 0.227. The zero-order valence-electron chi connectivity index (χ0n) is 28.6. The molecule has 0 radical (unpaired) electrons. The molecule has 0 amide bonds. The van der Waals surface area contributed by atoms with Crippen molar-refractivity contribution in [3.63, 3.8) is 0 Å². The van der Waals surface area contributed by atoms with E-state index in [9.17, 15) is 0 Å².